The number of fused-ring (bicyclic) bond motifs is 7. The van der Waals surface area contributed by atoms with Gasteiger partial charge >= 0.3 is 0 Å². The monoisotopic (exact) mass is 560 g/mol. The van der Waals surface area contributed by atoms with Gasteiger partial charge < -0.3 is 5.32 Å². The first-order chi connectivity index (χ1) is 19.2. The molecule has 8 atom stereocenters. The molecule has 224 valence electrons. The normalized spacial score (nSPS) is 42.9. The molecular formula is C36H52N2O3. The minimum Gasteiger partial charge on any atom is -0.350 e. The van der Waals surface area contributed by atoms with Crippen molar-refractivity contribution < 1.29 is 14.4 Å². The zero-order valence-corrected chi connectivity index (χ0v) is 26.6. The third-order valence-corrected chi connectivity index (χ3v) is 13.2. The fraction of sp³-hybridized carbons (Fsp3) is 0.778. The Morgan fingerprint density at radius 3 is 2.39 bits per heavy atom. The van der Waals surface area contributed by atoms with E-state index in [1.54, 1.807) is 0 Å². The van der Waals surface area contributed by atoms with E-state index < -0.39 is 5.41 Å². The minimum absolute atomic E-state index is 0.0530. The Kier molecular flexibility index (Phi) is 7.53. The van der Waals surface area contributed by atoms with Crippen molar-refractivity contribution in [2.75, 3.05) is 0 Å². The number of carbonyl (C=O) groups is 3. The topological polar surface area (TPSA) is 87.0 Å². The van der Waals surface area contributed by atoms with E-state index in [1.165, 1.54) is 0 Å². The molecule has 0 aliphatic heterocycles. The van der Waals surface area contributed by atoms with Crippen molar-refractivity contribution in [1.29, 1.82) is 5.26 Å². The van der Waals surface area contributed by atoms with E-state index in [4.69, 9.17) is 0 Å². The molecule has 0 aromatic carbocycles. The second-order valence-electron chi connectivity index (χ2n) is 15.9. The summed E-state index contributed by atoms with van der Waals surface area (Å²) in [6, 6.07) is 2.18. The summed E-state index contributed by atoms with van der Waals surface area (Å²) in [4.78, 5) is 40.9. The van der Waals surface area contributed by atoms with Gasteiger partial charge in [-0.15, -0.1) is 0 Å². The van der Waals surface area contributed by atoms with Crippen molar-refractivity contribution in [3.63, 3.8) is 0 Å². The fourth-order valence-corrected chi connectivity index (χ4v) is 10.5. The Morgan fingerprint density at radius 2 is 1.71 bits per heavy atom. The van der Waals surface area contributed by atoms with Crippen LogP contribution in [0, 0.1) is 56.7 Å². The van der Waals surface area contributed by atoms with Crippen LogP contribution in [0.5, 0.6) is 0 Å². The van der Waals surface area contributed by atoms with Crippen LogP contribution < -0.4 is 5.32 Å². The maximum Gasteiger partial charge on any atom is 0.220 e. The molecule has 5 rings (SSSR count). The Hall–Kier alpha value is -2.22. The van der Waals surface area contributed by atoms with Gasteiger partial charge in [-0.2, -0.15) is 5.26 Å². The second-order valence-corrected chi connectivity index (χ2v) is 15.9. The number of allylic oxidation sites excluding steroid dienone is 4. The zero-order valence-electron chi connectivity index (χ0n) is 26.6. The van der Waals surface area contributed by atoms with Crippen LogP contribution in [-0.2, 0) is 14.4 Å². The first kappa shape index (κ1) is 30.2. The number of ketones is 2. The third-order valence-electron chi connectivity index (χ3n) is 13.2. The molecule has 0 radical (unpaired) electrons. The van der Waals surface area contributed by atoms with Gasteiger partial charge in [0.25, 0.3) is 0 Å². The fourth-order valence-electron chi connectivity index (χ4n) is 10.5. The van der Waals surface area contributed by atoms with Gasteiger partial charge in [-0.25, -0.2) is 0 Å². The lowest BCUT2D eigenvalue weighted by Gasteiger charge is -2.68. The van der Waals surface area contributed by atoms with Crippen LogP contribution in [0.4, 0.5) is 0 Å². The van der Waals surface area contributed by atoms with E-state index in [9.17, 15) is 19.6 Å². The van der Waals surface area contributed by atoms with Crippen molar-refractivity contribution in [1.82, 2.24) is 5.32 Å². The average Bonchev–Trinajstić information content (AvgIpc) is 2.91. The van der Waals surface area contributed by atoms with Crippen LogP contribution in [-0.4, -0.2) is 23.0 Å². The highest BCUT2D eigenvalue weighted by Gasteiger charge is 2.69. The molecule has 0 saturated heterocycles. The number of carbonyl (C=O) groups excluding carboxylic acids is 3. The molecule has 0 aromatic rings. The van der Waals surface area contributed by atoms with Crippen molar-refractivity contribution in [2.45, 2.75) is 131 Å². The van der Waals surface area contributed by atoms with Crippen LogP contribution >= 0.6 is 0 Å². The molecule has 1 amide bonds. The Bertz CT molecular complexity index is 1240. The lowest BCUT2D eigenvalue weighted by Crippen LogP contribution is -2.69. The minimum atomic E-state index is -0.484. The second kappa shape index (κ2) is 10.2. The molecule has 5 aliphatic rings. The highest BCUT2D eigenvalue weighted by atomic mass is 16.2. The summed E-state index contributed by atoms with van der Waals surface area (Å²) in [6.45, 7) is 15.7. The predicted octanol–water partition coefficient (Wildman–Crippen LogP) is 7.65. The van der Waals surface area contributed by atoms with E-state index in [2.05, 4.69) is 52.9 Å². The van der Waals surface area contributed by atoms with Gasteiger partial charge in [0.05, 0.1) is 5.57 Å². The summed E-state index contributed by atoms with van der Waals surface area (Å²) in [5, 5.41) is 13.4. The number of hydrogen-bond acceptors (Lipinski definition) is 4. The zero-order chi connectivity index (χ0) is 30.0. The number of nitrogens with zero attached hydrogens (tertiary/aromatic N) is 1. The van der Waals surface area contributed by atoms with Crippen LogP contribution in [0.2, 0.25) is 0 Å². The number of unbranched alkanes of at least 4 members (excludes halogenated alkanes) is 3. The van der Waals surface area contributed by atoms with Gasteiger partial charge in [0.2, 0.25) is 5.91 Å². The van der Waals surface area contributed by atoms with Crippen molar-refractivity contribution >= 4 is 17.5 Å². The molecule has 1 unspecified atom stereocenters. The molecule has 0 aromatic heterocycles. The highest BCUT2D eigenvalue weighted by Crippen LogP contribution is 2.72. The number of amides is 1. The Balaban J connectivity index is 1.56. The lowest BCUT2D eigenvalue weighted by molar-refractivity contribution is -0.162. The summed E-state index contributed by atoms with van der Waals surface area (Å²) >= 11 is 0. The lowest BCUT2D eigenvalue weighted by atomic mass is 9.36. The maximum atomic E-state index is 14.5. The molecule has 5 nitrogen and oxygen atoms in total. The number of nitrogens with one attached hydrogen (secondary N) is 1. The molecule has 0 spiro atoms. The van der Waals surface area contributed by atoms with Gasteiger partial charge in [-0.05, 0) is 85.5 Å². The number of hydrogen-bond donors (Lipinski definition) is 1. The van der Waals surface area contributed by atoms with E-state index in [-0.39, 0.29) is 68.5 Å². The summed E-state index contributed by atoms with van der Waals surface area (Å²) < 4.78 is 0. The standard InChI is InChI=1S/C36H52N2O3/c1-8-9-10-11-12-29(40)38-36-17-15-32(3,4)21-26(36)30-27(39)19-28-33(5)20-24(22-37)31(41)23(2)25(33)13-14-34(28,6)35(30,7)16-18-36/h19-20,23,25-26,30H,8-18,21H2,1-7H3,(H,38,40)/t23-,25-,26+,30?,33-,34+,35+,36-/m0/s1. The van der Waals surface area contributed by atoms with Crippen molar-refractivity contribution in [3.05, 3.63) is 23.3 Å². The van der Waals surface area contributed by atoms with Crippen molar-refractivity contribution in [2.24, 2.45) is 45.3 Å². The first-order valence-corrected chi connectivity index (χ1v) is 16.4. The van der Waals surface area contributed by atoms with Gasteiger partial charge in [-0.1, -0.05) is 79.4 Å². The highest BCUT2D eigenvalue weighted by molar-refractivity contribution is 6.02. The smallest absolute Gasteiger partial charge is 0.220 e. The Morgan fingerprint density at radius 1 is 1.00 bits per heavy atom. The molecule has 5 heteroatoms. The maximum absolute atomic E-state index is 14.5. The van der Waals surface area contributed by atoms with Gasteiger partial charge in [0.1, 0.15) is 6.07 Å². The SMILES string of the molecule is CCCCCCC(=O)N[C@]12CCC(C)(C)C[C@@H]1C1C(=O)C=C3[C@@]4(C)C=C(C#N)C(=O)[C@@H](C)[C@@H]4CC[C@@]3(C)[C@]1(C)CC2. The molecule has 41 heavy (non-hydrogen) atoms. The average molecular weight is 561 g/mol. The molecular weight excluding hydrogens is 508 g/mol. The first-order valence-electron chi connectivity index (χ1n) is 16.4. The molecule has 1 N–H and O–H groups in total. The van der Waals surface area contributed by atoms with Gasteiger partial charge in [-0.3, -0.25) is 14.4 Å². The van der Waals surface area contributed by atoms with Crippen LogP contribution in [0.3, 0.4) is 0 Å². The van der Waals surface area contributed by atoms with Gasteiger partial charge in [0.15, 0.2) is 11.6 Å². The van der Waals surface area contributed by atoms with Crippen LogP contribution in [0.1, 0.15) is 126 Å². The summed E-state index contributed by atoms with van der Waals surface area (Å²) in [7, 11) is 0. The number of Topliss-reactive ketones (excluding diaryl/α,β-unsaturated/α-hetero) is 1. The van der Waals surface area contributed by atoms with Gasteiger partial charge in [0, 0.05) is 29.2 Å². The number of nitriles is 1. The summed E-state index contributed by atoms with van der Waals surface area (Å²) in [5.74, 6) is 0.133. The molecule has 0 bridgehead atoms. The van der Waals surface area contributed by atoms with E-state index >= 15 is 0 Å². The Labute approximate surface area is 248 Å². The molecule has 5 aliphatic carbocycles. The number of rotatable bonds is 6. The van der Waals surface area contributed by atoms with E-state index in [1.807, 2.05) is 19.1 Å². The van der Waals surface area contributed by atoms with Crippen LogP contribution in [0.25, 0.3) is 0 Å². The quantitative estimate of drug-likeness (QED) is 0.338. The van der Waals surface area contributed by atoms with E-state index in [0.717, 1.165) is 76.2 Å². The van der Waals surface area contributed by atoms with Crippen LogP contribution in [0.15, 0.2) is 23.3 Å². The largest absolute Gasteiger partial charge is 0.350 e. The molecule has 3 saturated carbocycles. The molecule has 3 fully saturated rings. The predicted molar refractivity (Wildman–Crippen MR) is 161 cm³/mol. The van der Waals surface area contributed by atoms with Crippen molar-refractivity contribution in [3.8, 4) is 6.07 Å². The summed E-state index contributed by atoms with van der Waals surface area (Å²) in [5.41, 5.74) is 0.241. The summed E-state index contributed by atoms with van der Waals surface area (Å²) in [6.07, 6.45) is 15.4. The van der Waals surface area contributed by atoms with E-state index in [0.29, 0.717) is 6.42 Å². The third kappa shape index (κ3) is 4.49. The molecule has 0 heterocycles.